The molecule has 0 spiro atoms. The summed E-state index contributed by atoms with van der Waals surface area (Å²) in [6, 6.07) is 0. The van der Waals surface area contributed by atoms with E-state index in [-0.39, 0.29) is 5.92 Å². The Hall–Kier alpha value is 0.213. The van der Waals surface area contributed by atoms with E-state index in [1.165, 1.54) is 15.8 Å². The average Bonchev–Trinajstić information content (AvgIpc) is 2.08. The Morgan fingerprint density at radius 3 is 1.50 bits per heavy atom. The summed E-state index contributed by atoms with van der Waals surface area (Å²) in [5.41, 5.74) is 0. The Morgan fingerprint density at radius 2 is 1.42 bits per heavy atom. The molecule has 0 aliphatic rings. The monoisotopic (exact) mass is 232 g/mol. The van der Waals surface area contributed by atoms with Crippen molar-refractivity contribution in [3.63, 3.8) is 0 Å². The summed E-state index contributed by atoms with van der Waals surface area (Å²) < 4.78 is 0.627. The zero-order valence-electron chi connectivity index (χ0n) is 9.11. The third-order valence-electron chi connectivity index (χ3n) is 3.08. The molecule has 2 heteroatoms. The Balaban J connectivity index is 4.59. The van der Waals surface area contributed by atoms with Crippen LogP contribution in [0, 0.1) is 5.92 Å². The maximum absolute atomic E-state index is 11.9. The number of hydrogen-bond donors (Lipinski definition) is 0. The minimum absolute atomic E-state index is 0.268. The SMILES string of the molecule is C[CH2][Ge]([CH2]C)([CH2]C)[C](=O)C(C)C. The molecule has 0 bridgehead atoms. The number of hydrogen-bond acceptors (Lipinski definition) is 1. The molecular formula is C10H22GeO. The molecule has 0 saturated heterocycles. The predicted molar refractivity (Wildman–Crippen MR) is 57.0 cm³/mol. The summed E-state index contributed by atoms with van der Waals surface area (Å²) >= 11 is -2.04. The third-order valence-corrected chi connectivity index (χ3v) is 15.0. The van der Waals surface area contributed by atoms with Crippen LogP contribution in [0.25, 0.3) is 0 Å². The normalized spacial score (nSPS) is 12.2. The summed E-state index contributed by atoms with van der Waals surface area (Å²) in [5, 5.41) is 3.51. The van der Waals surface area contributed by atoms with Crippen molar-refractivity contribution in [2.75, 3.05) is 0 Å². The molecule has 0 saturated carbocycles. The topological polar surface area (TPSA) is 17.1 Å². The molecule has 0 aliphatic carbocycles. The fraction of sp³-hybridized carbons (Fsp3) is 0.900. The van der Waals surface area contributed by atoms with Gasteiger partial charge in [-0.15, -0.1) is 0 Å². The first kappa shape index (κ1) is 12.2. The van der Waals surface area contributed by atoms with Gasteiger partial charge in [-0.2, -0.15) is 0 Å². The van der Waals surface area contributed by atoms with E-state index >= 15 is 0 Å². The van der Waals surface area contributed by atoms with Crippen molar-refractivity contribution in [3.8, 4) is 0 Å². The Morgan fingerprint density at radius 1 is 1.08 bits per heavy atom. The molecule has 0 aromatic heterocycles. The number of carbonyl (C=O) groups is 1. The molecule has 0 atom stereocenters. The van der Waals surface area contributed by atoms with Gasteiger partial charge in [0.25, 0.3) is 0 Å². The third kappa shape index (κ3) is 2.35. The van der Waals surface area contributed by atoms with Crippen LogP contribution in [-0.4, -0.2) is 17.9 Å². The van der Waals surface area contributed by atoms with Crippen molar-refractivity contribution in [2.45, 2.75) is 50.4 Å². The minimum atomic E-state index is -2.04. The van der Waals surface area contributed by atoms with Crippen molar-refractivity contribution in [3.05, 3.63) is 0 Å². The molecule has 0 fully saturated rings. The van der Waals surface area contributed by atoms with Crippen molar-refractivity contribution in [1.29, 1.82) is 0 Å². The molecule has 0 aromatic rings. The van der Waals surface area contributed by atoms with E-state index in [0.29, 0.717) is 4.62 Å². The zero-order chi connectivity index (χ0) is 9.78. The van der Waals surface area contributed by atoms with E-state index in [1.54, 1.807) is 0 Å². The molecule has 0 rings (SSSR count). The van der Waals surface area contributed by atoms with Gasteiger partial charge in [-0.3, -0.25) is 0 Å². The van der Waals surface area contributed by atoms with Gasteiger partial charge in [0.15, 0.2) is 0 Å². The van der Waals surface area contributed by atoms with Gasteiger partial charge in [0, 0.05) is 0 Å². The van der Waals surface area contributed by atoms with Gasteiger partial charge in [-0.25, -0.2) is 0 Å². The standard InChI is InChI=1S/C10H22GeO/c1-6-11(7-2,8-3)10(12)9(4)5/h9H,6-8H2,1-5H3. The van der Waals surface area contributed by atoms with Crippen molar-refractivity contribution >= 4 is 17.9 Å². The van der Waals surface area contributed by atoms with E-state index in [2.05, 4.69) is 20.8 Å². The number of rotatable bonds is 5. The Bertz CT molecular complexity index is 140. The fourth-order valence-corrected chi connectivity index (χ4v) is 9.80. The Kier molecular flexibility index (Phi) is 5.14. The fourth-order valence-electron chi connectivity index (χ4n) is 1.89. The summed E-state index contributed by atoms with van der Waals surface area (Å²) in [6.45, 7) is 10.7. The maximum atomic E-state index is 11.9. The van der Waals surface area contributed by atoms with E-state index in [0.717, 1.165) is 0 Å². The molecule has 0 unspecified atom stereocenters. The second-order valence-corrected chi connectivity index (χ2v) is 14.7. The first-order chi connectivity index (χ1) is 5.54. The Labute approximate surface area is 79.3 Å². The van der Waals surface area contributed by atoms with Crippen LogP contribution in [0.15, 0.2) is 0 Å². The van der Waals surface area contributed by atoms with Crippen molar-refractivity contribution in [2.24, 2.45) is 5.92 Å². The van der Waals surface area contributed by atoms with Crippen LogP contribution in [0.5, 0.6) is 0 Å². The first-order valence-electron chi connectivity index (χ1n) is 5.08. The quantitative estimate of drug-likeness (QED) is 0.663. The first-order valence-corrected chi connectivity index (χ1v) is 10.6. The predicted octanol–water partition coefficient (Wildman–Crippen LogP) is 3.26. The molecule has 0 radical (unpaired) electrons. The molecule has 0 aromatic carbocycles. The van der Waals surface area contributed by atoms with Gasteiger partial charge < -0.3 is 0 Å². The molecular weight excluding hydrogens is 209 g/mol. The molecule has 0 amide bonds. The zero-order valence-corrected chi connectivity index (χ0v) is 11.2. The molecule has 72 valence electrons. The van der Waals surface area contributed by atoms with E-state index in [4.69, 9.17) is 0 Å². The van der Waals surface area contributed by atoms with E-state index in [1.807, 2.05) is 13.8 Å². The van der Waals surface area contributed by atoms with E-state index in [9.17, 15) is 4.79 Å². The van der Waals surface area contributed by atoms with Crippen LogP contribution in [-0.2, 0) is 4.79 Å². The van der Waals surface area contributed by atoms with Gasteiger partial charge in [0.1, 0.15) is 0 Å². The average molecular weight is 231 g/mol. The summed E-state index contributed by atoms with van der Waals surface area (Å²) in [7, 11) is 0. The molecule has 12 heavy (non-hydrogen) atoms. The molecule has 0 heterocycles. The summed E-state index contributed by atoms with van der Waals surface area (Å²) in [5.74, 6) is 0.268. The summed E-state index contributed by atoms with van der Waals surface area (Å²) in [4.78, 5) is 11.9. The van der Waals surface area contributed by atoms with Crippen LogP contribution in [0.4, 0.5) is 0 Å². The van der Waals surface area contributed by atoms with Crippen LogP contribution in [0.1, 0.15) is 34.6 Å². The van der Waals surface area contributed by atoms with Crippen LogP contribution >= 0.6 is 0 Å². The van der Waals surface area contributed by atoms with Gasteiger partial charge in [-0.05, 0) is 0 Å². The number of carbonyl (C=O) groups excluding carboxylic acids is 1. The van der Waals surface area contributed by atoms with Gasteiger partial charge in [0.2, 0.25) is 0 Å². The van der Waals surface area contributed by atoms with Crippen LogP contribution < -0.4 is 0 Å². The second kappa shape index (κ2) is 5.05. The van der Waals surface area contributed by atoms with E-state index < -0.39 is 13.3 Å². The molecule has 0 N–H and O–H groups in total. The summed E-state index contributed by atoms with van der Waals surface area (Å²) in [6.07, 6.45) is 0. The molecule has 1 nitrogen and oxygen atoms in total. The van der Waals surface area contributed by atoms with Crippen LogP contribution in [0.2, 0.25) is 15.8 Å². The molecule has 0 aliphatic heterocycles. The van der Waals surface area contributed by atoms with Crippen molar-refractivity contribution < 1.29 is 4.79 Å². The van der Waals surface area contributed by atoms with Crippen molar-refractivity contribution in [1.82, 2.24) is 0 Å². The van der Waals surface area contributed by atoms with Gasteiger partial charge >= 0.3 is 79.0 Å². The van der Waals surface area contributed by atoms with Crippen LogP contribution in [0.3, 0.4) is 0 Å². The van der Waals surface area contributed by atoms with Gasteiger partial charge in [0.05, 0.1) is 0 Å². The second-order valence-electron chi connectivity index (χ2n) is 3.86. The van der Waals surface area contributed by atoms with Gasteiger partial charge in [-0.1, -0.05) is 0 Å².